The van der Waals surface area contributed by atoms with E-state index in [0.29, 0.717) is 0 Å². The first-order valence-corrected chi connectivity index (χ1v) is 7.48. The largest absolute Gasteiger partial charge is 0.395 e. The quantitative estimate of drug-likeness (QED) is 0.797. The fourth-order valence-electron chi connectivity index (χ4n) is 2.18. The molecular weight excluding hydrogens is 336 g/mol. The first-order valence-electron chi connectivity index (χ1n) is 6.69. The fourth-order valence-corrected chi connectivity index (χ4v) is 2.56. The Morgan fingerprint density at radius 1 is 1.33 bits per heavy atom. The van der Waals surface area contributed by atoms with Crippen LogP contribution in [-0.2, 0) is 9.59 Å². The summed E-state index contributed by atoms with van der Waals surface area (Å²) in [6.45, 7) is 3.88. The molecule has 2 amide bonds. The molecule has 0 aliphatic carbocycles. The van der Waals surface area contributed by atoms with Crippen LogP contribution < -0.4 is 5.32 Å². The van der Waals surface area contributed by atoms with Gasteiger partial charge in [0.2, 0.25) is 0 Å². The van der Waals surface area contributed by atoms with E-state index in [2.05, 4.69) is 35.1 Å². The number of anilines is 1. The van der Waals surface area contributed by atoms with E-state index in [1.807, 2.05) is 18.2 Å². The molecular formula is C15H17BrN2O3. The lowest BCUT2D eigenvalue weighted by Crippen LogP contribution is -2.34. The summed E-state index contributed by atoms with van der Waals surface area (Å²) in [5.74, 6) is -0.544. The lowest BCUT2D eigenvalue weighted by molar-refractivity contribution is -0.137. The molecule has 1 aromatic carbocycles. The molecule has 2 N–H and O–H groups in total. The van der Waals surface area contributed by atoms with Gasteiger partial charge in [0.15, 0.2) is 0 Å². The number of nitrogens with zero attached hydrogens (tertiary/aromatic N) is 1. The van der Waals surface area contributed by atoms with Crippen LogP contribution in [0.3, 0.4) is 0 Å². The highest BCUT2D eigenvalue weighted by molar-refractivity contribution is 9.10. The van der Waals surface area contributed by atoms with Gasteiger partial charge in [0, 0.05) is 16.2 Å². The number of carbonyl (C=O) groups excluding carboxylic acids is 2. The Labute approximate surface area is 131 Å². The van der Waals surface area contributed by atoms with Crippen LogP contribution in [0, 0.1) is 0 Å². The third-order valence-electron chi connectivity index (χ3n) is 3.24. The molecule has 0 bridgehead atoms. The van der Waals surface area contributed by atoms with Crippen LogP contribution in [0.25, 0.3) is 0 Å². The van der Waals surface area contributed by atoms with Gasteiger partial charge < -0.3 is 10.4 Å². The van der Waals surface area contributed by atoms with E-state index in [0.717, 1.165) is 20.6 Å². The second-order valence-electron chi connectivity index (χ2n) is 5.09. The van der Waals surface area contributed by atoms with E-state index in [9.17, 15) is 9.59 Å². The molecule has 1 aliphatic heterocycles. The SMILES string of the molecule is CC(C)c1cc(Br)ccc1NC1=CC(=O)N(CCO)C1=O. The molecule has 0 spiro atoms. The monoisotopic (exact) mass is 352 g/mol. The molecule has 1 aromatic rings. The van der Waals surface area contributed by atoms with Crippen LogP contribution in [0.1, 0.15) is 25.3 Å². The molecule has 0 saturated carbocycles. The lowest BCUT2D eigenvalue weighted by atomic mass is 10.0. The topological polar surface area (TPSA) is 69.6 Å². The summed E-state index contributed by atoms with van der Waals surface area (Å²) >= 11 is 3.43. The first-order chi connectivity index (χ1) is 9.93. The fraction of sp³-hybridized carbons (Fsp3) is 0.333. The third-order valence-corrected chi connectivity index (χ3v) is 3.73. The molecule has 0 unspecified atom stereocenters. The van der Waals surface area contributed by atoms with Crippen molar-refractivity contribution in [2.45, 2.75) is 19.8 Å². The van der Waals surface area contributed by atoms with Gasteiger partial charge in [-0.1, -0.05) is 29.8 Å². The number of imide groups is 1. The van der Waals surface area contributed by atoms with E-state index in [1.54, 1.807) is 0 Å². The first kappa shape index (κ1) is 15.7. The number of hydrogen-bond donors (Lipinski definition) is 2. The zero-order valence-corrected chi connectivity index (χ0v) is 13.5. The van der Waals surface area contributed by atoms with Crippen LogP contribution in [0.5, 0.6) is 0 Å². The summed E-state index contributed by atoms with van der Waals surface area (Å²) < 4.78 is 0.960. The minimum atomic E-state index is -0.410. The van der Waals surface area contributed by atoms with E-state index < -0.39 is 11.8 Å². The Morgan fingerprint density at radius 3 is 2.67 bits per heavy atom. The zero-order chi connectivity index (χ0) is 15.6. The summed E-state index contributed by atoms with van der Waals surface area (Å²) in [6, 6.07) is 5.73. The lowest BCUT2D eigenvalue weighted by Gasteiger charge is -2.17. The van der Waals surface area contributed by atoms with Gasteiger partial charge in [0.05, 0.1) is 13.2 Å². The Bertz CT molecular complexity index is 611. The van der Waals surface area contributed by atoms with E-state index in [1.165, 1.54) is 6.08 Å². The second-order valence-corrected chi connectivity index (χ2v) is 6.00. The molecule has 0 radical (unpaired) electrons. The van der Waals surface area contributed by atoms with Gasteiger partial charge in [0.1, 0.15) is 5.70 Å². The molecule has 6 heteroatoms. The summed E-state index contributed by atoms with van der Waals surface area (Å²) in [5.41, 5.74) is 2.08. The van der Waals surface area contributed by atoms with Gasteiger partial charge in [-0.15, -0.1) is 0 Å². The summed E-state index contributed by atoms with van der Waals surface area (Å²) in [7, 11) is 0. The van der Waals surface area contributed by atoms with Crippen LogP contribution >= 0.6 is 15.9 Å². The Morgan fingerprint density at radius 2 is 2.05 bits per heavy atom. The van der Waals surface area contributed by atoms with E-state index in [-0.39, 0.29) is 24.8 Å². The van der Waals surface area contributed by atoms with Crippen molar-refractivity contribution in [3.63, 3.8) is 0 Å². The van der Waals surface area contributed by atoms with Gasteiger partial charge in [-0.25, -0.2) is 0 Å². The predicted octanol–water partition coefficient (Wildman–Crippen LogP) is 2.23. The maximum absolute atomic E-state index is 12.1. The Hall–Kier alpha value is -1.66. The van der Waals surface area contributed by atoms with Crippen molar-refractivity contribution < 1.29 is 14.7 Å². The molecule has 0 aromatic heterocycles. The number of aliphatic hydroxyl groups is 1. The Kier molecular flexibility index (Phi) is 4.80. The maximum Gasteiger partial charge on any atom is 0.277 e. The minimum absolute atomic E-state index is 0.0106. The van der Waals surface area contributed by atoms with Crippen molar-refractivity contribution in [2.24, 2.45) is 0 Å². The Balaban J connectivity index is 2.25. The average Bonchev–Trinajstić information content (AvgIpc) is 2.68. The molecule has 112 valence electrons. The number of rotatable bonds is 5. The highest BCUT2D eigenvalue weighted by Crippen LogP contribution is 2.29. The molecule has 0 fully saturated rings. The van der Waals surface area contributed by atoms with Crippen molar-refractivity contribution in [1.82, 2.24) is 4.90 Å². The van der Waals surface area contributed by atoms with Crippen molar-refractivity contribution in [2.75, 3.05) is 18.5 Å². The number of β-amino-alcohol motifs (C(OH)–C–C–N with tert-alkyl or cyclic N) is 1. The number of nitrogens with one attached hydrogen (secondary N) is 1. The molecule has 0 saturated heterocycles. The van der Waals surface area contributed by atoms with Crippen molar-refractivity contribution in [1.29, 1.82) is 0 Å². The summed E-state index contributed by atoms with van der Waals surface area (Å²) in [6.07, 6.45) is 1.27. The van der Waals surface area contributed by atoms with Crippen LogP contribution in [0.15, 0.2) is 34.4 Å². The normalized spacial score (nSPS) is 14.9. The van der Waals surface area contributed by atoms with Crippen LogP contribution in [-0.4, -0.2) is 35.0 Å². The van der Waals surface area contributed by atoms with E-state index >= 15 is 0 Å². The molecule has 1 heterocycles. The number of amides is 2. The highest BCUT2D eigenvalue weighted by Gasteiger charge is 2.30. The van der Waals surface area contributed by atoms with Gasteiger partial charge in [-0.05, 0) is 29.7 Å². The number of hydrogen-bond acceptors (Lipinski definition) is 4. The molecule has 0 atom stereocenters. The van der Waals surface area contributed by atoms with Crippen molar-refractivity contribution in [3.05, 3.63) is 40.0 Å². The minimum Gasteiger partial charge on any atom is -0.395 e. The molecule has 1 aliphatic rings. The van der Waals surface area contributed by atoms with Crippen molar-refractivity contribution in [3.8, 4) is 0 Å². The summed E-state index contributed by atoms with van der Waals surface area (Å²) in [4.78, 5) is 24.9. The molecule has 21 heavy (non-hydrogen) atoms. The van der Waals surface area contributed by atoms with E-state index in [4.69, 9.17) is 5.11 Å². The second kappa shape index (κ2) is 6.41. The highest BCUT2D eigenvalue weighted by atomic mass is 79.9. The predicted molar refractivity (Wildman–Crippen MR) is 83.7 cm³/mol. The van der Waals surface area contributed by atoms with Crippen molar-refractivity contribution >= 4 is 33.4 Å². The number of benzene rings is 1. The molecule has 2 rings (SSSR count). The number of aliphatic hydroxyl groups excluding tert-OH is 1. The third kappa shape index (κ3) is 3.33. The maximum atomic E-state index is 12.1. The zero-order valence-electron chi connectivity index (χ0n) is 11.9. The smallest absolute Gasteiger partial charge is 0.277 e. The van der Waals surface area contributed by atoms with Gasteiger partial charge in [-0.3, -0.25) is 14.5 Å². The number of halogens is 1. The standard InChI is InChI=1S/C15H17BrN2O3/c1-9(2)11-7-10(16)3-4-12(11)17-13-8-14(20)18(5-6-19)15(13)21/h3-4,7-9,17,19H,5-6H2,1-2H3. The van der Waals surface area contributed by atoms with Crippen LogP contribution in [0.4, 0.5) is 5.69 Å². The van der Waals surface area contributed by atoms with Gasteiger partial charge in [0.25, 0.3) is 11.8 Å². The van der Waals surface area contributed by atoms with Gasteiger partial charge >= 0.3 is 0 Å². The molecule has 5 nitrogen and oxygen atoms in total. The van der Waals surface area contributed by atoms with Crippen LogP contribution in [0.2, 0.25) is 0 Å². The number of carbonyl (C=O) groups is 2. The average molecular weight is 353 g/mol. The van der Waals surface area contributed by atoms with Gasteiger partial charge in [-0.2, -0.15) is 0 Å². The summed E-state index contributed by atoms with van der Waals surface area (Å²) in [5, 5.41) is 11.9.